The zero-order valence-electron chi connectivity index (χ0n) is 19.3. The van der Waals surface area contributed by atoms with Crippen molar-refractivity contribution in [2.75, 3.05) is 37.7 Å². The van der Waals surface area contributed by atoms with E-state index in [1.807, 2.05) is 50.2 Å². The van der Waals surface area contributed by atoms with Crippen molar-refractivity contribution in [1.29, 1.82) is 0 Å². The van der Waals surface area contributed by atoms with Crippen LogP contribution < -0.4 is 9.64 Å². The lowest BCUT2D eigenvalue weighted by Gasteiger charge is -2.40. The Hall–Kier alpha value is -3.17. The van der Waals surface area contributed by atoms with E-state index >= 15 is 0 Å². The van der Waals surface area contributed by atoms with Crippen LogP contribution in [0.2, 0.25) is 0 Å². The molecule has 2 aromatic carbocycles. The molecule has 0 spiro atoms. The largest absolute Gasteiger partial charge is 0.494 e. The summed E-state index contributed by atoms with van der Waals surface area (Å²) in [4.78, 5) is 10.5. The standard InChI is InChI=1S/C25H28FN5O2S/c1-3-21-27-25-31(28-21)24(32)23(34-25)22(17-9-11-18(12-10-17)33-4-2)30-15-13-29(14-16-30)20-8-6-5-7-19(20)26/h5-12,22,32H,3-4,13-16H2,1-2H3/t22-/m1/s1. The van der Waals surface area contributed by atoms with E-state index in [-0.39, 0.29) is 17.7 Å². The lowest BCUT2D eigenvalue weighted by atomic mass is 10.0. The number of hydrogen-bond acceptors (Lipinski definition) is 7. The average Bonchev–Trinajstić information content (AvgIpc) is 3.40. The Kier molecular flexibility index (Phi) is 6.38. The number of nitrogens with zero attached hydrogens (tertiary/aromatic N) is 5. The first-order valence-electron chi connectivity index (χ1n) is 11.6. The van der Waals surface area contributed by atoms with Gasteiger partial charge in [-0.05, 0) is 36.8 Å². The molecule has 1 fully saturated rings. The third-order valence-electron chi connectivity index (χ3n) is 6.19. The van der Waals surface area contributed by atoms with Crippen molar-refractivity contribution in [3.05, 3.63) is 70.6 Å². The average molecular weight is 482 g/mol. The number of piperazine rings is 1. The maximum Gasteiger partial charge on any atom is 0.230 e. The topological polar surface area (TPSA) is 66.1 Å². The van der Waals surface area contributed by atoms with Crippen LogP contribution in [0.1, 0.15) is 36.2 Å². The second kappa shape index (κ2) is 9.60. The number of hydrogen-bond donors (Lipinski definition) is 1. The molecule has 1 saturated heterocycles. The number of rotatable bonds is 7. The van der Waals surface area contributed by atoms with Gasteiger partial charge in [0.15, 0.2) is 5.82 Å². The quantitative estimate of drug-likeness (QED) is 0.419. The van der Waals surface area contributed by atoms with Crippen molar-refractivity contribution in [3.63, 3.8) is 0 Å². The van der Waals surface area contributed by atoms with Crippen LogP contribution in [-0.2, 0) is 6.42 Å². The molecular weight excluding hydrogens is 453 g/mol. The summed E-state index contributed by atoms with van der Waals surface area (Å²) < 4.78 is 21.5. The normalized spacial score (nSPS) is 15.7. The molecule has 0 radical (unpaired) electrons. The van der Waals surface area contributed by atoms with Crippen LogP contribution in [-0.4, -0.2) is 57.4 Å². The number of aromatic nitrogens is 3. The van der Waals surface area contributed by atoms with Crippen LogP contribution in [0.15, 0.2) is 48.5 Å². The van der Waals surface area contributed by atoms with Gasteiger partial charge in [-0.2, -0.15) is 4.52 Å². The third-order valence-corrected chi connectivity index (χ3v) is 7.26. The molecule has 5 rings (SSSR count). The molecule has 2 aromatic heterocycles. The zero-order valence-corrected chi connectivity index (χ0v) is 20.1. The molecule has 1 aliphatic heterocycles. The third kappa shape index (κ3) is 4.21. The van der Waals surface area contributed by atoms with E-state index in [0.717, 1.165) is 29.3 Å². The van der Waals surface area contributed by atoms with Gasteiger partial charge < -0.3 is 14.7 Å². The predicted octanol–water partition coefficient (Wildman–Crippen LogP) is 4.51. The number of benzene rings is 2. The highest BCUT2D eigenvalue weighted by atomic mass is 32.1. The van der Waals surface area contributed by atoms with Crippen LogP contribution in [0, 0.1) is 5.82 Å². The minimum Gasteiger partial charge on any atom is -0.494 e. The first-order chi connectivity index (χ1) is 16.6. The summed E-state index contributed by atoms with van der Waals surface area (Å²) >= 11 is 1.46. The number of aromatic hydroxyl groups is 1. The van der Waals surface area contributed by atoms with Crippen LogP contribution in [0.3, 0.4) is 0 Å². The Morgan fingerprint density at radius 1 is 1.06 bits per heavy atom. The molecule has 7 nitrogen and oxygen atoms in total. The Morgan fingerprint density at radius 2 is 1.79 bits per heavy atom. The molecule has 0 bridgehead atoms. The minimum absolute atomic E-state index is 0.127. The molecule has 34 heavy (non-hydrogen) atoms. The summed E-state index contributed by atoms with van der Waals surface area (Å²) in [5.74, 6) is 1.45. The van der Waals surface area contributed by atoms with Crippen molar-refractivity contribution in [3.8, 4) is 11.6 Å². The highest BCUT2D eigenvalue weighted by molar-refractivity contribution is 7.17. The molecule has 3 heterocycles. The summed E-state index contributed by atoms with van der Waals surface area (Å²) in [6.45, 7) is 7.39. The van der Waals surface area contributed by atoms with Gasteiger partial charge in [-0.15, -0.1) is 5.10 Å². The molecule has 4 aromatic rings. The van der Waals surface area contributed by atoms with Crippen molar-refractivity contribution in [2.45, 2.75) is 26.3 Å². The fraction of sp³-hybridized carbons (Fsp3) is 0.360. The van der Waals surface area contributed by atoms with Gasteiger partial charge in [-0.1, -0.05) is 42.5 Å². The molecule has 0 saturated carbocycles. The van der Waals surface area contributed by atoms with Crippen molar-refractivity contribution in [1.82, 2.24) is 19.5 Å². The Bertz CT molecular complexity index is 1260. The van der Waals surface area contributed by atoms with Crippen LogP contribution in [0.4, 0.5) is 10.1 Å². The molecule has 0 aliphatic carbocycles. The van der Waals surface area contributed by atoms with E-state index in [0.29, 0.717) is 42.6 Å². The molecule has 1 atom stereocenters. The summed E-state index contributed by atoms with van der Waals surface area (Å²) in [6.07, 6.45) is 0.712. The monoisotopic (exact) mass is 481 g/mol. The molecule has 1 N–H and O–H groups in total. The van der Waals surface area contributed by atoms with E-state index < -0.39 is 0 Å². The number of anilines is 1. The Balaban J connectivity index is 1.47. The summed E-state index contributed by atoms with van der Waals surface area (Å²) in [5, 5.41) is 15.6. The van der Waals surface area contributed by atoms with Crippen molar-refractivity contribution < 1.29 is 14.2 Å². The van der Waals surface area contributed by atoms with Gasteiger partial charge in [0.2, 0.25) is 10.8 Å². The predicted molar refractivity (Wildman–Crippen MR) is 132 cm³/mol. The van der Waals surface area contributed by atoms with Gasteiger partial charge in [0, 0.05) is 32.6 Å². The summed E-state index contributed by atoms with van der Waals surface area (Å²) in [6, 6.07) is 14.8. The second-order valence-electron chi connectivity index (χ2n) is 8.24. The maximum absolute atomic E-state index is 14.3. The number of thiazole rings is 1. The summed E-state index contributed by atoms with van der Waals surface area (Å²) in [7, 11) is 0. The molecular formula is C25H28FN5O2S. The van der Waals surface area contributed by atoms with Gasteiger partial charge in [-0.25, -0.2) is 9.37 Å². The van der Waals surface area contributed by atoms with E-state index in [1.54, 1.807) is 6.07 Å². The lowest BCUT2D eigenvalue weighted by Crippen LogP contribution is -2.48. The fourth-order valence-electron chi connectivity index (χ4n) is 4.49. The lowest BCUT2D eigenvalue weighted by molar-refractivity contribution is 0.210. The fourth-order valence-corrected chi connectivity index (χ4v) is 5.62. The zero-order chi connectivity index (χ0) is 23.7. The molecule has 178 valence electrons. The molecule has 0 unspecified atom stereocenters. The van der Waals surface area contributed by atoms with Crippen LogP contribution >= 0.6 is 11.3 Å². The van der Waals surface area contributed by atoms with Gasteiger partial charge >= 0.3 is 0 Å². The van der Waals surface area contributed by atoms with Gasteiger partial charge in [0.1, 0.15) is 11.6 Å². The SMILES string of the molecule is CCOc1ccc([C@H](c2sc3nc(CC)nn3c2O)N2CCN(c3ccccc3F)CC2)cc1. The van der Waals surface area contributed by atoms with Crippen molar-refractivity contribution in [2.24, 2.45) is 0 Å². The first kappa shape index (κ1) is 22.6. The van der Waals surface area contributed by atoms with Crippen molar-refractivity contribution >= 4 is 22.0 Å². The van der Waals surface area contributed by atoms with E-state index in [1.165, 1.54) is 21.9 Å². The smallest absolute Gasteiger partial charge is 0.230 e. The molecule has 0 amide bonds. The molecule has 9 heteroatoms. The number of halogens is 1. The van der Waals surface area contributed by atoms with Crippen LogP contribution in [0.5, 0.6) is 11.6 Å². The van der Waals surface area contributed by atoms with Gasteiger partial charge in [0.05, 0.1) is 23.2 Å². The highest BCUT2D eigenvalue weighted by Gasteiger charge is 2.32. The van der Waals surface area contributed by atoms with E-state index in [4.69, 9.17) is 4.74 Å². The first-order valence-corrected chi connectivity index (χ1v) is 12.4. The van der Waals surface area contributed by atoms with E-state index in [9.17, 15) is 9.50 Å². The Labute approximate surface area is 202 Å². The second-order valence-corrected chi connectivity index (χ2v) is 9.25. The Morgan fingerprint density at radius 3 is 2.44 bits per heavy atom. The van der Waals surface area contributed by atoms with Crippen LogP contribution in [0.25, 0.3) is 4.96 Å². The van der Waals surface area contributed by atoms with Gasteiger partial charge in [-0.3, -0.25) is 4.90 Å². The highest BCUT2D eigenvalue weighted by Crippen LogP contribution is 2.41. The minimum atomic E-state index is -0.200. The molecule has 1 aliphatic rings. The van der Waals surface area contributed by atoms with E-state index in [2.05, 4.69) is 19.9 Å². The number of aryl methyl sites for hydroxylation is 1. The van der Waals surface area contributed by atoms with Gasteiger partial charge in [0.25, 0.3) is 0 Å². The number of fused-ring (bicyclic) bond motifs is 1. The summed E-state index contributed by atoms with van der Waals surface area (Å²) in [5.41, 5.74) is 1.69. The number of ether oxygens (including phenoxy) is 1. The number of para-hydroxylation sites is 1. The maximum atomic E-state index is 14.3.